The van der Waals surface area contributed by atoms with Crippen LogP contribution >= 0.6 is 0 Å². The van der Waals surface area contributed by atoms with Crippen molar-refractivity contribution in [2.45, 2.75) is 35.6 Å². The fourth-order valence-electron chi connectivity index (χ4n) is 0. The Morgan fingerprint density at radius 1 is 0.875 bits per heavy atom. The second kappa shape index (κ2) is 25.3. The van der Waals surface area contributed by atoms with E-state index in [-0.39, 0.29) is 43.3 Å². The maximum absolute atomic E-state index is 2.08. The third-order valence-corrected chi connectivity index (χ3v) is 0. The van der Waals surface area contributed by atoms with Crippen molar-refractivity contribution in [3.63, 3.8) is 0 Å². The average molecular weight is 288 g/mol. The first kappa shape index (κ1) is 37.8. The van der Waals surface area contributed by atoms with Gasteiger partial charge in [0.05, 0.1) is 0 Å². The molecular formula is C7H20W. The maximum atomic E-state index is 2.08. The third-order valence-electron chi connectivity index (χ3n) is 0. The summed E-state index contributed by atoms with van der Waals surface area (Å²) in [6.45, 7) is 6.25. The van der Waals surface area contributed by atoms with Gasteiger partial charge in [-0.05, 0) is 0 Å². The average Bonchev–Trinajstić information content (AvgIpc) is 0.811. The van der Waals surface area contributed by atoms with Crippen LogP contribution in [0.1, 0.15) is 35.6 Å². The van der Waals surface area contributed by atoms with Gasteiger partial charge in [-0.2, -0.15) is 20.8 Å². The number of hydrogen-bond acceptors (Lipinski definition) is 0. The van der Waals surface area contributed by atoms with Crippen LogP contribution in [-0.2, 0) is 21.1 Å². The molecular weight excluding hydrogens is 268 g/mol. The molecule has 0 saturated carbocycles. The van der Waals surface area contributed by atoms with Gasteiger partial charge in [-0.1, -0.05) is 14.9 Å². The molecule has 0 aromatic carbocycles. The van der Waals surface area contributed by atoms with Gasteiger partial charge in [0.15, 0.2) is 0 Å². The first-order valence-corrected chi connectivity index (χ1v) is 1.50. The summed E-state index contributed by atoms with van der Waals surface area (Å²) in [5.74, 6) is 1.42. The molecule has 1 heteroatoms. The van der Waals surface area contributed by atoms with E-state index >= 15 is 0 Å². The molecule has 0 N–H and O–H groups in total. The van der Waals surface area contributed by atoms with Crippen LogP contribution in [-0.4, -0.2) is 0 Å². The Morgan fingerprint density at radius 2 is 0.875 bits per heavy atom. The Morgan fingerprint density at radius 3 is 0.875 bits per heavy atom. The van der Waals surface area contributed by atoms with Gasteiger partial charge in [0.25, 0.3) is 0 Å². The van der Waals surface area contributed by atoms with Crippen LogP contribution in [0.15, 0.2) is 0 Å². The van der Waals surface area contributed by atoms with E-state index in [1.165, 1.54) is 5.92 Å². The summed E-state index contributed by atoms with van der Waals surface area (Å²) in [4.78, 5) is 0. The van der Waals surface area contributed by atoms with Crippen molar-refractivity contribution < 1.29 is 21.1 Å². The molecule has 0 saturated heterocycles. The molecule has 8 heavy (non-hydrogen) atoms. The second-order valence-electron chi connectivity index (χ2n) is 1.50. The molecule has 0 atom stereocenters. The van der Waals surface area contributed by atoms with E-state index in [1.54, 1.807) is 0 Å². The Bertz CT molecular complexity index is 9.10. The minimum Gasteiger partial charge on any atom is -0.358 e. The zero-order chi connectivity index (χ0) is 3.58. The van der Waals surface area contributed by atoms with E-state index in [0.717, 1.165) is 0 Å². The minimum absolute atomic E-state index is 0. The molecule has 0 aliphatic heterocycles. The smallest absolute Gasteiger partial charge is 0.358 e. The van der Waals surface area contributed by atoms with Gasteiger partial charge in [-0.15, -0.1) is 0 Å². The van der Waals surface area contributed by atoms with Gasteiger partial charge in [-0.25, -0.2) is 0 Å². The summed E-state index contributed by atoms with van der Waals surface area (Å²) in [7, 11) is 0. The monoisotopic (exact) mass is 288 g/mol. The third kappa shape index (κ3) is 457. The standard InChI is InChI=1S/C4H9.2CH4.CH3.W/c1-4(2)3;;;;/h1-3H3;2*1H4;1H3;/q-1;;;-1;+2. The van der Waals surface area contributed by atoms with E-state index in [2.05, 4.69) is 20.8 Å². The summed E-state index contributed by atoms with van der Waals surface area (Å²) >= 11 is 0. The molecule has 0 heterocycles. The molecule has 0 aliphatic rings. The first-order chi connectivity index (χ1) is 1.73. The summed E-state index contributed by atoms with van der Waals surface area (Å²) < 4.78 is 0. The number of hydrogen-bond donors (Lipinski definition) is 0. The van der Waals surface area contributed by atoms with Gasteiger partial charge < -0.3 is 13.3 Å². The van der Waals surface area contributed by atoms with Crippen LogP contribution < -0.4 is 0 Å². The van der Waals surface area contributed by atoms with E-state index in [4.69, 9.17) is 0 Å². The van der Waals surface area contributed by atoms with Crippen molar-refractivity contribution in [2.75, 3.05) is 0 Å². The van der Waals surface area contributed by atoms with Crippen molar-refractivity contribution >= 4 is 0 Å². The van der Waals surface area contributed by atoms with Crippen molar-refractivity contribution in [3.05, 3.63) is 13.3 Å². The zero-order valence-corrected chi connectivity index (χ0v) is 7.84. The summed E-state index contributed by atoms with van der Waals surface area (Å²) in [5.41, 5.74) is 0. The molecule has 0 fully saturated rings. The second-order valence-corrected chi connectivity index (χ2v) is 1.50. The SMILES string of the molecule is C.C.C[C-](C)C.[CH3-].[W+2]. The van der Waals surface area contributed by atoms with E-state index < -0.39 is 0 Å². The Kier molecular flexibility index (Phi) is 119. The molecule has 0 bridgehead atoms. The van der Waals surface area contributed by atoms with Crippen LogP contribution in [0.4, 0.5) is 0 Å². The summed E-state index contributed by atoms with van der Waals surface area (Å²) in [5, 5.41) is 0. The maximum Gasteiger partial charge on any atom is 2.00 e. The molecule has 0 aromatic heterocycles. The topological polar surface area (TPSA) is 0 Å². The fourth-order valence-corrected chi connectivity index (χ4v) is 0. The van der Waals surface area contributed by atoms with Crippen molar-refractivity contribution in [1.29, 1.82) is 0 Å². The van der Waals surface area contributed by atoms with Crippen molar-refractivity contribution in [3.8, 4) is 0 Å². The molecule has 0 rings (SSSR count). The Balaban J connectivity index is -0.00000000750. The Labute approximate surface area is 70.3 Å². The van der Waals surface area contributed by atoms with Crippen LogP contribution in [0.25, 0.3) is 0 Å². The van der Waals surface area contributed by atoms with Gasteiger partial charge >= 0.3 is 21.1 Å². The van der Waals surface area contributed by atoms with Gasteiger partial charge in [0.1, 0.15) is 0 Å². The van der Waals surface area contributed by atoms with Crippen LogP contribution in [0.2, 0.25) is 0 Å². The van der Waals surface area contributed by atoms with Crippen LogP contribution in [0, 0.1) is 13.3 Å². The quantitative estimate of drug-likeness (QED) is 0.600. The number of rotatable bonds is 0. The largest absolute Gasteiger partial charge is 2.00 e. The van der Waals surface area contributed by atoms with Crippen LogP contribution in [0.3, 0.4) is 0 Å². The molecule has 54 valence electrons. The molecule has 0 amide bonds. The molecule has 0 spiro atoms. The zero-order valence-electron chi connectivity index (χ0n) is 4.91. The van der Waals surface area contributed by atoms with E-state index in [0.29, 0.717) is 0 Å². The molecule has 0 unspecified atom stereocenters. The van der Waals surface area contributed by atoms with Gasteiger partial charge in [0, 0.05) is 0 Å². The van der Waals surface area contributed by atoms with E-state index in [1.807, 2.05) is 0 Å². The summed E-state index contributed by atoms with van der Waals surface area (Å²) in [6.07, 6.45) is 0. The van der Waals surface area contributed by atoms with Crippen LogP contribution in [0.5, 0.6) is 0 Å². The van der Waals surface area contributed by atoms with Gasteiger partial charge in [0.2, 0.25) is 0 Å². The van der Waals surface area contributed by atoms with Crippen molar-refractivity contribution in [1.82, 2.24) is 0 Å². The van der Waals surface area contributed by atoms with E-state index in [9.17, 15) is 0 Å². The molecule has 0 aromatic rings. The normalized spacial score (nSPS) is 4.50. The van der Waals surface area contributed by atoms with Gasteiger partial charge in [-0.3, -0.25) is 0 Å². The van der Waals surface area contributed by atoms with Crippen molar-refractivity contribution in [2.24, 2.45) is 0 Å². The summed E-state index contributed by atoms with van der Waals surface area (Å²) in [6, 6.07) is 0. The molecule has 0 radical (unpaired) electrons. The Hall–Kier alpha value is 0.688. The predicted octanol–water partition coefficient (Wildman–Crippen LogP) is 3.34. The minimum atomic E-state index is 0. The predicted molar refractivity (Wildman–Crippen MR) is 40.1 cm³/mol. The molecule has 0 nitrogen and oxygen atoms in total. The fraction of sp³-hybridized carbons (Fsp3) is 0.714. The first-order valence-electron chi connectivity index (χ1n) is 1.50. The molecule has 0 aliphatic carbocycles.